The summed E-state index contributed by atoms with van der Waals surface area (Å²) in [6.45, 7) is 1.68. The van der Waals surface area contributed by atoms with Gasteiger partial charge in [-0.05, 0) is 29.7 Å². The maximum absolute atomic E-state index is 12.5. The highest BCUT2D eigenvalue weighted by Gasteiger charge is 2.24. The van der Waals surface area contributed by atoms with E-state index in [0.29, 0.717) is 13.1 Å². The summed E-state index contributed by atoms with van der Waals surface area (Å²) in [5, 5.41) is 6.03. The van der Waals surface area contributed by atoms with Gasteiger partial charge in [0.25, 0.3) is 5.91 Å². The summed E-state index contributed by atoms with van der Waals surface area (Å²) in [4.78, 5) is 16.7. The van der Waals surface area contributed by atoms with E-state index < -0.39 is 0 Å². The average molecular weight is 365 g/mol. The number of thiophene rings is 1. The molecular weight excluding hydrogens is 352 g/mol. The van der Waals surface area contributed by atoms with E-state index in [1.165, 1.54) is 33.3 Å². The minimum absolute atomic E-state index is 0.0129. The van der Waals surface area contributed by atoms with Crippen LogP contribution in [0.1, 0.15) is 21.7 Å². The van der Waals surface area contributed by atoms with Crippen molar-refractivity contribution >= 4 is 52.2 Å². The zero-order valence-electron chi connectivity index (χ0n) is 12.1. The molecule has 118 valence electrons. The molecule has 1 amide bonds. The Hall–Kier alpha value is -1.70. The van der Waals surface area contributed by atoms with E-state index >= 15 is 0 Å². The summed E-state index contributed by atoms with van der Waals surface area (Å²) < 4.78 is 4.92. The fourth-order valence-corrected chi connectivity index (χ4v) is 4.32. The summed E-state index contributed by atoms with van der Waals surface area (Å²) in [6.07, 6.45) is 6.61. The van der Waals surface area contributed by atoms with Crippen LogP contribution in [0.4, 0.5) is 0 Å². The molecule has 5 nitrogen and oxygen atoms in total. The predicted molar refractivity (Wildman–Crippen MR) is 93.8 cm³/mol. The molecule has 0 saturated heterocycles. The predicted octanol–water partition coefficient (Wildman–Crippen LogP) is 3.28. The molecule has 4 heterocycles. The second-order valence-electron chi connectivity index (χ2n) is 5.35. The second-order valence-corrected chi connectivity index (χ2v) is 7.90. The van der Waals surface area contributed by atoms with Gasteiger partial charge < -0.3 is 4.90 Å². The number of hydrazone groups is 1. The third-order valence-corrected chi connectivity index (χ3v) is 5.86. The Kier molecular flexibility index (Phi) is 3.92. The molecule has 2 aliphatic rings. The number of carbonyl (C=O) groups excluding carboxylic acids is 1. The lowest BCUT2D eigenvalue weighted by molar-refractivity contribution is -0.131. The van der Waals surface area contributed by atoms with Crippen molar-refractivity contribution in [2.24, 2.45) is 5.10 Å². The molecule has 0 bridgehead atoms. The Morgan fingerprint density at radius 2 is 2.30 bits per heavy atom. The first-order chi connectivity index (χ1) is 11.2. The lowest BCUT2D eigenvalue weighted by Gasteiger charge is -2.24. The van der Waals surface area contributed by atoms with Crippen LogP contribution in [0, 0.1) is 0 Å². The molecule has 0 N–H and O–H groups in total. The number of aromatic nitrogens is 1. The number of nitrogens with zero attached hydrogens (tertiary/aromatic N) is 4. The molecule has 2 aromatic rings. The second kappa shape index (κ2) is 6.07. The number of halogens is 1. The number of carbonyl (C=O) groups is 1. The lowest BCUT2D eigenvalue weighted by atomic mass is 10.2. The van der Waals surface area contributed by atoms with Gasteiger partial charge in [0.1, 0.15) is 0 Å². The van der Waals surface area contributed by atoms with Gasteiger partial charge in [-0.25, -0.2) is 9.38 Å². The highest BCUT2D eigenvalue weighted by molar-refractivity contribution is 7.18. The van der Waals surface area contributed by atoms with E-state index in [2.05, 4.69) is 9.47 Å². The molecule has 0 aromatic carbocycles. The number of hydrogen-bond donors (Lipinski definition) is 0. The maximum Gasteiger partial charge on any atom is 0.262 e. The monoisotopic (exact) mass is 364 g/mol. The Bertz CT molecular complexity index is 810. The zero-order valence-corrected chi connectivity index (χ0v) is 14.5. The van der Waals surface area contributed by atoms with Crippen molar-refractivity contribution in [3.63, 3.8) is 0 Å². The molecule has 0 spiro atoms. The molecule has 0 saturated carbocycles. The van der Waals surface area contributed by atoms with Crippen LogP contribution >= 0.6 is 34.5 Å². The van der Waals surface area contributed by atoms with Crippen molar-refractivity contribution in [2.45, 2.75) is 13.0 Å². The first-order valence-electron chi connectivity index (χ1n) is 7.18. The molecule has 0 radical (unpaired) electrons. The molecule has 4 rings (SSSR count). The van der Waals surface area contributed by atoms with Crippen molar-refractivity contribution in [1.29, 1.82) is 0 Å². The van der Waals surface area contributed by atoms with Crippen molar-refractivity contribution in [3.05, 3.63) is 44.2 Å². The van der Waals surface area contributed by atoms with Crippen molar-refractivity contribution < 1.29 is 4.79 Å². The molecular formula is C15H13ClN4OS2. The highest BCUT2D eigenvalue weighted by atomic mass is 35.5. The molecule has 8 heteroatoms. The number of rotatable bonds is 3. The Balaban J connectivity index is 1.41. The fourth-order valence-electron chi connectivity index (χ4n) is 2.61. The quantitative estimate of drug-likeness (QED) is 0.839. The third kappa shape index (κ3) is 3.04. The van der Waals surface area contributed by atoms with Gasteiger partial charge in [0, 0.05) is 30.9 Å². The standard InChI is InChI=1S/C15H13ClN4OS2/c16-14-2-1-13(22-14)11-3-6-20(18-11)15(21)9-19-5-4-12-10(8-19)7-17-23-12/h1-2,4-5,7H,3,6,8-9H2. The normalized spacial score (nSPS) is 16.7. The van der Waals surface area contributed by atoms with Crippen LogP contribution < -0.4 is 0 Å². The summed E-state index contributed by atoms with van der Waals surface area (Å²) in [5.41, 5.74) is 2.11. The van der Waals surface area contributed by atoms with Gasteiger partial charge in [0.15, 0.2) is 0 Å². The van der Waals surface area contributed by atoms with Crippen LogP contribution in [0.3, 0.4) is 0 Å². The van der Waals surface area contributed by atoms with Crippen molar-refractivity contribution in [1.82, 2.24) is 14.3 Å². The largest absolute Gasteiger partial charge is 0.364 e. The van der Waals surface area contributed by atoms with Gasteiger partial charge in [0.05, 0.1) is 32.9 Å². The van der Waals surface area contributed by atoms with Crippen LogP contribution in [-0.4, -0.2) is 39.0 Å². The van der Waals surface area contributed by atoms with E-state index in [4.69, 9.17) is 11.6 Å². The van der Waals surface area contributed by atoms with Gasteiger partial charge in [0.2, 0.25) is 0 Å². The lowest BCUT2D eigenvalue weighted by Crippen LogP contribution is -2.34. The first-order valence-corrected chi connectivity index (χ1v) is 9.15. The highest BCUT2D eigenvalue weighted by Crippen LogP contribution is 2.26. The number of hydrogen-bond acceptors (Lipinski definition) is 6. The summed E-state index contributed by atoms with van der Waals surface area (Å²) in [7, 11) is 0. The number of amides is 1. The Morgan fingerprint density at radius 3 is 3.13 bits per heavy atom. The number of fused-ring (bicyclic) bond motifs is 1. The molecule has 0 aliphatic carbocycles. The van der Waals surface area contributed by atoms with Gasteiger partial charge in [-0.1, -0.05) is 11.6 Å². The smallest absolute Gasteiger partial charge is 0.262 e. The molecule has 0 fully saturated rings. The third-order valence-electron chi connectivity index (χ3n) is 3.77. The van der Waals surface area contributed by atoms with E-state index in [1.807, 2.05) is 35.5 Å². The maximum atomic E-state index is 12.5. The van der Waals surface area contributed by atoms with E-state index in [1.54, 1.807) is 5.01 Å². The van der Waals surface area contributed by atoms with E-state index in [-0.39, 0.29) is 5.91 Å². The molecule has 23 heavy (non-hydrogen) atoms. The summed E-state index contributed by atoms with van der Waals surface area (Å²) >= 11 is 8.94. The van der Waals surface area contributed by atoms with Crippen LogP contribution in [0.15, 0.2) is 29.6 Å². The molecule has 2 aliphatic heterocycles. The fraction of sp³-hybridized carbons (Fsp3) is 0.267. The van der Waals surface area contributed by atoms with E-state index in [9.17, 15) is 4.79 Å². The van der Waals surface area contributed by atoms with Gasteiger partial charge in [-0.2, -0.15) is 5.10 Å². The minimum Gasteiger partial charge on any atom is -0.364 e. The Morgan fingerprint density at radius 1 is 1.39 bits per heavy atom. The Labute approximate surface area is 146 Å². The van der Waals surface area contributed by atoms with Crippen LogP contribution in [0.25, 0.3) is 6.08 Å². The average Bonchev–Trinajstić information content (AvgIpc) is 3.26. The van der Waals surface area contributed by atoms with Crippen LogP contribution in [-0.2, 0) is 11.3 Å². The van der Waals surface area contributed by atoms with Crippen LogP contribution in [0.5, 0.6) is 0 Å². The molecule has 0 atom stereocenters. The van der Waals surface area contributed by atoms with Gasteiger partial charge in [-0.3, -0.25) is 4.79 Å². The summed E-state index contributed by atoms with van der Waals surface area (Å²) in [6, 6.07) is 3.82. The molecule has 0 unspecified atom stereocenters. The van der Waals surface area contributed by atoms with E-state index in [0.717, 1.165) is 27.9 Å². The van der Waals surface area contributed by atoms with Crippen LogP contribution in [0.2, 0.25) is 4.34 Å². The van der Waals surface area contributed by atoms with Crippen molar-refractivity contribution in [2.75, 3.05) is 13.1 Å². The topological polar surface area (TPSA) is 48.8 Å². The molecule has 2 aromatic heterocycles. The first kappa shape index (κ1) is 14.9. The minimum atomic E-state index is 0.0129. The van der Waals surface area contributed by atoms with Gasteiger partial charge in [-0.15, -0.1) is 11.3 Å². The SMILES string of the molecule is O=C(CN1C=Cc2sncc2C1)N1CCC(c2ccc(Cl)s2)=N1. The zero-order chi connectivity index (χ0) is 15.8. The van der Waals surface area contributed by atoms with Crippen molar-refractivity contribution in [3.8, 4) is 0 Å². The van der Waals surface area contributed by atoms with Gasteiger partial charge >= 0.3 is 0 Å². The summed E-state index contributed by atoms with van der Waals surface area (Å²) in [5.74, 6) is 0.0129.